The zero-order valence-electron chi connectivity index (χ0n) is 14.2. The first-order valence-electron chi connectivity index (χ1n) is 8.40. The number of carbonyl (C=O) groups is 1. The van der Waals surface area contributed by atoms with Crippen LogP contribution in [-0.4, -0.2) is 17.6 Å². The number of aryl methyl sites for hydroxylation is 1. The van der Waals surface area contributed by atoms with Crippen LogP contribution < -0.4 is 10.6 Å². The zero-order chi connectivity index (χ0) is 17.2. The number of anilines is 1. The lowest BCUT2D eigenvalue weighted by Crippen LogP contribution is -2.37. The smallest absolute Gasteiger partial charge is 0.221 e. The van der Waals surface area contributed by atoms with E-state index in [2.05, 4.69) is 23.6 Å². The van der Waals surface area contributed by atoms with Crippen molar-refractivity contribution in [2.75, 3.05) is 11.9 Å². The highest BCUT2D eigenvalue weighted by molar-refractivity contribution is 5.88. The average Bonchev–Trinajstić information content (AvgIpc) is 2.90. The first kappa shape index (κ1) is 16.7. The van der Waals surface area contributed by atoms with Crippen LogP contribution in [0.25, 0.3) is 0 Å². The van der Waals surface area contributed by atoms with Gasteiger partial charge in [-0.1, -0.05) is 36.4 Å². The van der Waals surface area contributed by atoms with Gasteiger partial charge in [0.25, 0.3) is 0 Å². The standard InChI is InChI=1S/C20H24N2O2/c1-14(17-7-5-8-18(12-17)22-15(2)23)21-13-20(24)11-10-16-6-3-4-9-19(16)20/h3-9,12,14,21,24H,10-11,13H2,1-2H3,(H,22,23)/t14-,20-/m0/s1. The summed E-state index contributed by atoms with van der Waals surface area (Å²) in [6.45, 7) is 4.08. The van der Waals surface area contributed by atoms with Crippen LogP contribution in [0.2, 0.25) is 0 Å². The Kier molecular flexibility index (Phi) is 4.69. The van der Waals surface area contributed by atoms with Crippen LogP contribution in [0.4, 0.5) is 5.69 Å². The lowest BCUT2D eigenvalue weighted by molar-refractivity contribution is -0.114. The second-order valence-electron chi connectivity index (χ2n) is 6.60. The van der Waals surface area contributed by atoms with E-state index in [9.17, 15) is 9.90 Å². The molecule has 0 saturated heterocycles. The van der Waals surface area contributed by atoms with Gasteiger partial charge in [0.2, 0.25) is 5.91 Å². The van der Waals surface area contributed by atoms with Crippen molar-refractivity contribution in [3.05, 3.63) is 65.2 Å². The van der Waals surface area contributed by atoms with Crippen molar-refractivity contribution in [3.8, 4) is 0 Å². The molecule has 3 rings (SSSR count). The van der Waals surface area contributed by atoms with Gasteiger partial charge in [-0.3, -0.25) is 4.79 Å². The van der Waals surface area contributed by atoms with Crippen LogP contribution in [0.1, 0.15) is 43.0 Å². The molecule has 1 aliphatic carbocycles. The van der Waals surface area contributed by atoms with Gasteiger partial charge in [0.05, 0.1) is 0 Å². The molecule has 2 aromatic carbocycles. The Morgan fingerprint density at radius 2 is 2.04 bits per heavy atom. The fourth-order valence-electron chi connectivity index (χ4n) is 3.38. The molecule has 2 aromatic rings. The predicted octanol–water partition coefficient (Wildman–Crippen LogP) is 3.13. The Bertz CT molecular complexity index is 744. The Labute approximate surface area is 142 Å². The molecule has 3 N–H and O–H groups in total. The van der Waals surface area contributed by atoms with Crippen LogP contribution in [0, 0.1) is 0 Å². The molecule has 0 unspecified atom stereocenters. The fraction of sp³-hybridized carbons (Fsp3) is 0.350. The average molecular weight is 324 g/mol. The summed E-state index contributed by atoms with van der Waals surface area (Å²) in [6, 6.07) is 16.0. The largest absolute Gasteiger partial charge is 0.384 e. The van der Waals surface area contributed by atoms with Crippen molar-refractivity contribution < 1.29 is 9.90 Å². The van der Waals surface area contributed by atoms with Gasteiger partial charge in [0.1, 0.15) is 5.60 Å². The maximum atomic E-state index is 11.2. The fourth-order valence-corrected chi connectivity index (χ4v) is 3.38. The number of rotatable bonds is 5. The number of aliphatic hydroxyl groups is 1. The summed E-state index contributed by atoms with van der Waals surface area (Å²) in [5.41, 5.74) is 3.34. The number of amides is 1. The Hall–Kier alpha value is -2.17. The molecule has 4 nitrogen and oxygen atoms in total. The van der Waals surface area contributed by atoms with E-state index in [4.69, 9.17) is 0 Å². The maximum absolute atomic E-state index is 11.2. The molecule has 0 aromatic heterocycles. The van der Waals surface area contributed by atoms with Crippen LogP contribution in [0.3, 0.4) is 0 Å². The van der Waals surface area contributed by atoms with Gasteiger partial charge in [-0.05, 0) is 48.6 Å². The molecule has 2 atom stereocenters. The van der Waals surface area contributed by atoms with Crippen LogP contribution >= 0.6 is 0 Å². The van der Waals surface area contributed by atoms with Gasteiger partial charge < -0.3 is 15.7 Å². The summed E-state index contributed by atoms with van der Waals surface area (Å²) < 4.78 is 0. The number of hydrogen-bond donors (Lipinski definition) is 3. The number of carbonyl (C=O) groups excluding carboxylic acids is 1. The quantitative estimate of drug-likeness (QED) is 0.792. The summed E-state index contributed by atoms with van der Waals surface area (Å²) in [5.74, 6) is -0.0790. The Morgan fingerprint density at radius 1 is 1.25 bits per heavy atom. The minimum atomic E-state index is -0.805. The van der Waals surface area contributed by atoms with Gasteiger partial charge in [-0.15, -0.1) is 0 Å². The summed E-state index contributed by atoms with van der Waals surface area (Å²) in [5, 5.41) is 17.2. The minimum Gasteiger partial charge on any atom is -0.384 e. The lowest BCUT2D eigenvalue weighted by Gasteiger charge is -2.27. The van der Waals surface area contributed by atoms with Crippen molar-refractivity contribution in [1.82, 2.24) is 5.32 Å². The highest BCUT2D eigenvalue weighted by atomic mass is 16.3. The van der Waals surface area contributed by atoms with E-state index >= 15 is 0 Å². The van der Waals surface area contributed by atoms with Gasteiger partial charge in [0.15, 0.2) is 0 Å². The molecular weight excluding hydrogens is 300 g/mol. The molecule has 0 heterocycles. The summed E-state index contributed by atoms with van der Waals surface area (Å²) in [7, 11) is 0. The van der Waals surface area contributed by atoms with E-state index < -0.39 is 5.60 Å². The second-order valence-corrected chi connectivity index (χ2v) is 6.60. The second kappa shape index (κ2) is 6.75. The van der Waals surface area contributed by atoms with Gasteiger partial charge >= 0.3 is 0 Å². The van der Waals surface area contributed by atoms with Crippen LogP contribution in [0.15, 0.2) is 48.5 Å². The van der Waals surface area contributed by atoms with Crippen molar-refractivity contribution >= 4 is 11.6 Å². The number of nitrogens with one attached hydrogen (secondary N) is 2. The molecule has 0 aliphatic heterocycles. The SMILES string of the molecule is CC(=O)Nc1cccc([C@H](C)NC[C@@]2(O)CCc3ccccc32)c1. The highest BCUT2D eigenvalue weighted by Crippen LogP contribution is 2.36. The van der Waals surface area contributed by atoms with E-state index in [0.717, 1.165) is 29.7 Å². The third-order valence-corrected chi connectivity index (χ3v) is 4.73. The molecule has 24 heavy (non-hydrogen) atoms. The Balaban J connectivity index is 1.68. The van der Waals surface area contributed by atoms with E-state index in [1.165, 1.54) is 12.5 Å². The molecule has 1 aliphatic rings. The Morgan fingerprint density at radius 3 is 2.83 bits per heavy atom. The zero-order valence-corrected chi connectivity index (χ0v) is 14.2. The van der Waals surface area contributed by atoms with Crippen LogP contribution in [0.5, 0.6) is 0 Å². The summed E-state index contributed by atoms with van der Waals surface area (Å²) in [6.07, 6.45) is 1.67. The van der Waals surface area contributed by atoms with Crippen molar-refractivity contribution in [2.24, 2.45) is 0 Å². The monoisotopic (exact) mass is 324 g/mol. The minimum absolute atomic E-state index is 0.0790. The number of hydrogen-bond acceptors (Lipinski definition) is 3. The van der Waals surface area contributed by atoms with Gasteiger partial charge in [-0.2, -0.15) is 0 Å². The number of benzene rings is 2. The molecule has 0 spiro atoms. The van der Waals surface area contributed by atoms with Crippen LogP contribution in [-0.2, 0) is 16.8 Å². The molecule has 0 radical (unpaired) electrons. The maximum Gasteiger partial charge on any atom is 0.221 e. The highest BCUT2D eigenvalue weighted by Gasteiger charge is 2.36. The lowest BCUT2D eigenvalue weighted by atomic mass is 9.95. The third-order valence-electron chi connectivity index (χ3n) is 4.73. The van der Waals surface area contributed by atoms with Crippen molar-refractivity contribution in [2.45, 2.75) is 38.3 Å². The molecule has 4 heteroatoms. The summed E-state index contributed by atoms with van der Waals surface area (Å²) >= 11 is 0. The normalized spacial score (nSPS) is 20.5. The van der Waals surface area contributed by atoms with E-state index in [1.54, 1.807) is 0 Å². The van der Waals surface area contributed by atoms with Gasteiger partial charge in [-0.25, -0.2) is 0 Å². The third kappa shape index (κ3) is 3.50. The molecule has 1 amide bonds. The molecular formula is C20H24N2O2. The summed E-state index contributed by atoms with van der Waals surface area (Å²) in [4.78, 5) is 11.2. The van der Waals surface area contributed by atoms with E-state index in [0.29, 0.717) is 6.54 Å². The number of fused-ring (bicyclic) bond motifs is 1. The first-order valence-corrected chi connectivity index (χ1v) is 8.40. The molecule has 0 fully saturated rings. The van der Waals surface area contributed by atoms with Crippen molar-refractivity contribution in [3.63, 3.8) is 0 Å². The predicted molar refractivity (Wildman–Crippen MR) is 95.8 cm³/mol. The topological polar surface area (TPSA) is 61.4 Å². The molecule has 126 valence electrons. The van der Waals surface area contributed by atoms with Gasteiger partial charge in [0, 0.05) is 25.2 Å². The molecule has 0 saturated carbocycles. The molecule has 0 bridgehead atoms. The van der Waals surface area contributed by atoms with E-state index in [1.807, 2.05) is 42.5 Å². The first-order chi connectivity index (χ1) is 11.5. The van der Waals surface area contributed by atoms with E-state index in [-0.39, 0.29) is 11.9 Å². The van der Waals surface area contributed by atoms with Crippen molar-refractivity contribution in [1.29, 1.82) is 0 Å².